The summed E-state index contributed by atoms with van der Waals surface area (Å²) < 4.78 is 13.7. The molecule has 1 unspecified atom stereocenters. The van der Waals surface area contributed by atoms with Gasteiger partial charge in [0.25, 0.3) is 0 Å². The van der Waals surface area contributed by atoms with E-state index in [9.17, 15) is 19.1 Å². The molecule has 2 amide bonds. The number of anilines is 1. The molecular weight excluding hydrogens is 263 g/mol. The molecule has 0 radical (unpaired) electrons. The van der Waals surface area contributed by atoms with Crippen LogP contribution in [0.4, 0.5) is 14.9 Å². The highest BCUT2D eigenvalue weighted by atomic mass is 19.1. The van der Waals surface area contributed by atoms with Gasteiger partial charge in [0.2, 0.25) is 0 Å². The van der Waals surface area contributed by atoms with Crippen molar-refractivity contribution in [3.8, 4) is 0 Å². The molecule has 1 aliphatic rings. The molecule has 1 aliphatic heterocycles. The predicted molar refractivity (Wildman–Crippen MR) is 72.2 cm³/mol. The number of hydrogen-bond acceptors (Lipinski definition) is 2. The monoisotopic (exact) mass is 280 g/mol. The number of carbonyl (C=O) groups excluding carboxylic acids is 1. The van der Waals surface area contributed by atoms with Gasteiger partial charge in [0.15, 0.2) is 0 Å². The van der Waals surface area contributed by atoms with Crippen LogP contribution in [0.5, 0.6) is 0 Å². The zero-order chi connectivity index (χ0) is 14.9. The molecule has 0 spiro atoms. The molecule has 1 heterocycles. The van der Waals surface area contributed by atoms with Crippen molar-refractivity contribution in [1.82, 2.24) is 4.90 Å². The van der Waals surface area contributed by atoms with Gasteiger partial charge in [-0.05, 0) is 31.9 Å². The van der Waals surface area contributed by atoms with Gasteiger partial charge in [-0.2, -0.15) is 0 Å². The fourth-order valence-electron chi connectivity index (χ4n) is 2.50. The van der Waals surface area contributed by atoms with Crippen LogP contribution in [0.25, 0.3) is 0 Å². The zero-order valence-corrected chi connectivity index (χ0v) is 11.5. The Labute approximate surface area is 116 Å². The van der Waals surface area contributed by atoms with E-state index in [0.717, 1.165) is 4.90 Å². The average molecular weight is 280 g/mol. The molecule has 0 aromatic heterocycles. The molecular formula is C14H17FN2O3. The summed E-state index contributed by atoms with van der Waals surface area (Å²) in [5.41, 5.74) is -1.09. The fraction of sp³-hybridized carbons (Fsp3) is 0.429. The number of carboxylic acid groups (broad SMARTS) is 1. The maximum Gasteiger partial charge on any atom is 0.329 e. The number of para-hydroxylation sites is 1. The number of aliphatic carboxylic acids is 1. The first-order valence-electron chi connectivity index (χ1n) is 6.41. The van der Waals surface area contributed by atoms with Crippen LogP contribution < -0.4 is 4.90 Å². The number of hydrogen-bond donors (Lipinski definition) is 1. The van der Waals surface area contributed by atoms with Crippen LogP contribution in [0.3, 0.4) is 0 Å². The quantitative estimate of drug-likeness (QED) is 0.904. The van der Waals surface area contributed by atoms with E-state index < -0.39 is 23.4 Å². The van der Waals surface area contributed by atoms with E-state index in [0.29, 0.717) is 19.4 Å². The first kappa shape index (κ1) is 14.3. The van der Waals surface area contributed by atoms with Gasteiger partial charge in [-0.25, -0.2) is 14.0 Å². The Hall–Kier alpha value is -2.11. The number of nitrogens with zero attached hydrogens (tertiary/aromatic N) is 2. The van der Waals surface area contributed by atoms with Crippen LogP contribution in [0.2, 0.25) is 0 Å². The van der Waals surface area contributed by atoms with Crippen LogP contribution in [0.15, 0.2) is 24.3 Å². The van der Waals surface area contributed by atoms with Crippen molar-refractivity contribution < 1.29 is 19.1 Å². The van der Waals surface area contributed by atoms with Gasteiger partial charge in [-0.1, -0.05) is 12.1 Å². The first-order valence-corrected chi connectivity index (χ1v) is 6.41. The lowest BCUT2D eigenvalue weighted by molar-refractivity contribution is -0.147. The molecule has 1 aromatic carbocycles. The third-order valence-corrected chi connectivity index (χ3v) is 3.83. The molecule has 6 heteroatoms. The Morgan fingerprint density at radius 1 is 1.40 bits per heavy atom. The van der Waals surface area contributed by atoms with Crippen LogP contribution in [0, 0.1) is 5.82 Å². The minimum atomic E-state index is -1.23. The van der Waals surface area contributed by atoms with E-state index >= 15 is 0 Å². The van der Waals surface area contributed by atoms with Gasteiger partial charge in [0.1, 0.15) is 11.4 Å². The zero-order valence-electron chi connectivity index (χ0n) is 11.5. The molecule has 5 nitrogen and oxygen atoms in total. The number of carboxylic acids is 1. The van der Waals surface area contributed by atoms with Crippen molar-refractivity contribution in [1.29, 1.82) is 0 Å². The summed E-state index contributed by atoms with van der Waals surface area (Å²) in [6, 6.07) is 5.41. The third kappa shape index (κ3) is 2.21. The van der Waals surface area contributed by atoms with Crippen molar-refractivity contribution in [2.45, 2.75) is 25.3 Å². The summed E-state index contributed by atoms with van der Waals surface area (Å²) in [6.07, 6.45) is 1.03. The van der Waals surface area contributed by atoms with Gasteiger partial charge in [-0.15, -0.1) is 0 Å². The summed E-state index contributed by atoms with van der Waals surface area (Å²) in [6.45, 7) is 1.88. The van der Waals surface area contributed by atoms with Crippen LogP contribution in [-0.2, 0) is 4.79 Å². The predicted octanol–water partition coefficient (Wildman–Crippen LogP) is 2.32. The summed E-state index contributed by atoms with van der Waals surface area (Å²) in [5.74, 6) is -1.55. The SMILES string of the molecule is CN(C(=O)N1CCCC1(C)C(=O)O)c1ccccc1F. The summed E-state index contributed by atoms with van der Waals surface area (Å²) in [5, 5.41) is 9.31. The molecule has 1 atom stereocenters. The smallest absolute Gasteiger partial charge is 0.329 e. The lowest BCUT2D eigenvalue weighted by Crippen LogP contribution is -2.54. The van der Waals surface area contributed by atoms with Crippen LogP contribution in [-0.4, -0.2) is 41.1 Å². The largest absolute Gasteiger partial charge is 0.480 e. The Morgan fingerprint density at radius 2 is 2.05 bits per heavy atom. The fourth-order valence-corrected chi connectivity index (χ4v) is 2.50. The first-order chi connectivity index (χ1) is 9.38. The molecule has 2 rings (SSSR count). The number of urea groups is 1. The molecule has 0 aliphatic carbocycles. The van der Waals surface area contributed by atoms with Crippen molar-refractivity contribution in [3.63, 3.8) is 0 Å². The van der Waals surface area contributed by atoms with Crippen molar-refractivity contribution in [2.75, 3.05) is 18.5 Å². The van der Waals surface area contributed by atoms with Gasteiger partial charge in [0, 0.05) is 13.6 Å². The highest BCUT2D eigenvalue weighted by Crippen LogP contribution is 2.31. The Morgan fingerprint density at radius 3 is 2.65 bits per heavy atom. The van der Waals surface area contributed by atoms with E-state index in [1.165, 1.54) is 37.1 Å². The molecule has 0 saturated carbocycles. The number of halogens is 1. The number of amides is 2. The van der Waals surface area contributed by atoms with Gasteiger partial charge >= 0.3 is 12.0 Å². The summed E-state index contributed by atoms with van der Waals surface area (Å²) in [7, 11) is 1.45. The molecule has 1 aromatic rings. The van der Waals surface area contributed by atoms with Crippen molar-refractivity contribution >= 4 is 17.7 Å². The number of rotatable bonds is 2. The molecule has 108 valence electrons. The van der Waals surface area contributed by atoms with E-state index in [-0.39, 0.29) is 5.69 Å². The van der Waals surface area contributed by atoms with E-state index in [1.54, 1.807) is 6.07 Å². The number of likely N-dealkylation sites (tertiary alicyclic amines) is 1. The Bertz CT molecular complexity index is 549. The maximum absolute atomic E-state index is 13.7. The second kappa shape index (κ2) is 5.11. The van der Waals surface area contributed by atoms with Crippen molar-refractivity contribution in [2.24, 2.45) is 0 Å². The molecule has 1 N–H and O–H groups in total. The highest BCUT2D eigenvalue weighted by molar-refractivity contribution is 5.95. The lowest BCUT2D eigenvalue weighted by Gasteiger charge is -2.34. The molecule has 1 fully saturated rings. The van der Waals surface area contributed by atoms with Crippen LogP contribution in [0.1, 0.15) is 19.8 Å². The summed E-state index contributed by atoms with van der Waals surface area (Å²) in [4.78, 5) is 26.3. The molecule has 1 saturated heterocycles. The Kier molecular flexibility index (Phi) is 3.65. The Balaban J connectivity index is 2.28. The number of carbonyl (C=O) groups is 2. The number of benzene rings is 1. The average Bonchev–Trinajstić information content (AvgIpc) is 2.81. The highest BCUT2D eigenvalue weighted by Gasteiger charge is 2.47. The third-order valence-electron chi connectivity index (χ3n) is 3.83. The minimum Gasteiger partial charge on any atom is -0.480 e. The van der Waals surface area contributed by atoms with Crippen LogP contribution >= 0.6 is 0 Å². The van der Waals surface area contributed by atoms with E-state index in [2.05, 4.69) is 0 Å². The second-order valence-electron chi connectivity index (χ2n) is 5.13. The topological polar surface area (TPSA) is 60.9 Å². The van der Waals surface area contributed by atoms with Crippen molar-refractivity contribution in [3.05, 3.63) is 30.1 Å². The second-order valence-corrected chi connectivity index (χ2v) is 5.13. The molecule has 20 heavy (non-hydrogen) atoms. The van der Waals surface area contributed by atoms with E-state index in [1.807, 2.05) is 0 Å². The standard InChI is InChI=1S/C14H17FN2O3/c1-14(12(18)19)8-5-9-17(14)13(20)16(2)11-7-4-3-6-10(11)15/h3-4,6-7H,5,8-9H2,1-2H3,(H,18,19). The van der Waals surface area contributed by atoms with E-state index in [4.69, 9.17) is 0 Å². The summed E-state index contributed by atoms with van der Waals surface area (Å²) >= 11 is 0. The normalized spacial score (nSPS) is 21.9. The van der Waals surface area contributed by atoms with Gasteiger partial charge in [-0.3, -0.25) is 4.90 Å². The minimum absolute atomic E-state index is 0.136. The maximum atomic E-state index is 13.7. The van der Waals surface area contributed by atoms with Gasteiger partial charge < -0.3 is 10.0 Å². The molecule has 0 bridgehead atoms. The lowest BCUT2D eigenvalue weighted by atomic mass is 10.00. The van der Waals surface area contributed by atoms with Gasteiger partial charge in [0.05, 0.1) is 5.69 Å².